The van der Waals surface area contributed by atoms with Gasteiger partial charge in [-0.1, -0.05) is 11.2 Å². The number of oxime groups is 1. The smallest absolute Gasteiger partial charge is 0.234 e. The molecule has 0 saturated heterocycles. The number of pyridine rings is 1. The molecule has 0 aliphatic heterocycles. The maximum Gasteiger partial charge on any atom is 0.234 e. The monoisotopic (exact) mass is 248 g/mol. The summed E-state index contributed by atoms with van der Waals surface area (Å²) >= 11 is 0. The summed E-state index contributed by atoms with van der Waals surface area (Å²) in [5, 5.41) is 14.4. The van der Waals surface area contributed by atoms with Crippen LogP contribution in [0, 0.1) is 12.3 Å². The van der Waals surface area contributed by atoms with E-state index < -0.39 is 5.41 Å². The molecule has 96 valence electrons. The number of hydrogen-bond acceptors (Lipinski definition) is 4. The zero-order chi connectivity index (χ0) is 13.2. The number of carbonyl (C=O) groups excluding carboxylic acids is 1. The number of hydrogen-bond donors (Lipinski definition) is 3. The highest BCUT2D eigenvalue weighted by Crippen LogP contribution is 2.46. The van der Waals surface area contributed by atoms with Crippen LogP contribution in [0.5, 0.6) is 0 Å². The number of carbonyl (C=O) groups is 1. The van der Waals surface area contributed by atoms with Crippen molar-refractivity contribution >= 4 is 11.7 Å². The third kappa shape index (κ3) is 2.27. The van der Waals surface area contributed by atoms with Gasteiger partial charge in [-0.15, -0.1) is 0 Å². The van der Waals surface area contributed by atoms with Crippen molar-refractivity contribution in [1.29, 1.82) is 0 Å². The quantitative estimate of drug-likeness (QED) is 0.313. The van der Waals surface area contributed by atoms with Gasteiger partial charge in [-0.2, -0.15) is 0 Å². The van der Waals surface area contributed by atoms with Gasteiger partial charge >= 0.3 is 0 Å². The Morgan fingerprint density at radius 2 is 2.33 bits per heavy atom. The van der Waals surface area contributed by atoms with Crippen molar-refractivity contribution in [3.05, 3.63) is 29.6 Å². The Balaban J connectivity index is 1.97. The Kier molecular flexibility index (Phi) is 3.18. The van der Waals surface area contributed by atoms with Crippen molar-refractivity contribution in [2.45, 2.75) is 26.3 Å². The fraction of sp³-hybridized carbons (Fsp3) is 0.417. The molecular weight excluding hydrogens is 232 g/mol. The van der Waals surface area contributed by atoms with E-state index in [9.17, 15) is 4.79 Å². The third-order valence-corrected chi connectivity index (χ3v) is 3.16. The second kappa shape index (κ2) is 4.64. The van der Waals surface area contributed by atoms with Gasteiger partial charge in [0.2, 0.25) is 5.91 Å². The van der Waals surface area contributed by atoms with E-state index in [1.54, 1.807) is 0 Å². The molecule has 1 aliphatic rings. The van der Waals surface area contributed by atoms with E-state index >= 15 is 0 Å². The normalized spacial score (nSPS) is 17.3. The Morgan fingerprint density at radius 1 is 1.61 bits per heavy atom. The Bertz CT molecular complexity index is 495. The van der Waals surface area contributed by atoms with Crippen LogP contribution in [0.1, 0.15) is 24.2 Å². The number of nitrogens with zero attached hydrogens (tertiary/aromatic N) is 2. The van der Waals surface area contributed by atoms with Crippen LogP contribution in [0.3, 0.4) is 0 Å². The first kappa shape index (κ1) is 12.3. The Labute approximate surface area is 105 Å². The van der Waals surface area contributed by atoms with Gasteiger partial charge in [-0.05, 0) is 31.9 Å². The van der Waals surface area contributed by atoms with Gasteiger partial charge in [-0.25, -0.2) is 0 Å². The molecule has 0 aromatic carbocycles. The van der Waals surface area contributed by atoms with Gasteiger partial charge in [0.1, 0.15) is 5.41 Å². The molecule has 1 fully saturated rings. The molecule has 0 spiro atoms. The van der Waals surface area contributed by atoms with Crippen LogP contribution in [0.2, 0.25) is 0 Å². The van der Waals surface area contributed by atoms with Crippen molar-refractivity contribution < 1.29 is 10.0 Å². The van der Waals surface area contributed by atoms with E-state index in [1.807, 2.05) is 25.1 Å². The minimum absolute atomic E-state index is 0.0165. The molecule has 18 heavy (non-hydrogen) atoms. The number of amidine groups is 1. The molecule has 6 nitrogen and oxygen atoms in total. The largest absolute Gasteiger partial charge is 0.409 e. The molecule has 4 N–H and O–H groups in total. The van der Waals surface area contributed by atoms with Crippen LogP contribution >= 0.6 is 0 Å². The minimum atomic E-state index is -0.807. The van der Waals surface area contributed by atoms with Crippen molar-refractivity contribution in [3.8, 4) is 0 Å². The van der Waals surface area contributed by atoms with E-state index in [2.05, 4.69) is 15.5 Å². The van der Waals surface area contributed by atoms with Gasteiger partial charge in [0.25, 0.3) is 0 Å². The summed E-state index contributed by atoms with van der Waals surface area (Å²) < 4.78 is 0. The highest BCUT2D eigenvalue weighted by Gasteiger charge is 2.54. The topological polar surface area (TPSA) is 101 Å². The molecule has 1 aromatic heterocycles. The van der Waals surface area contributed by atoms with Crippen LogP contribution < -0.4 is 11.1 Å². The lowest BCUT2D eigenvalue weighted by Gasteiger charge is -2.13. The number of amides is 1. The molecule has 0 unspecified atom stereocenters. The van der Waals surface area contributed by atoms with Crippen LogP contribution in [0.15, 0.2) is 23.4 Å². The first-order chi connectivity index (χ1) is 8.58. The number of aromatic nitrogens is 1. The number of nitrogens with two attached hydrogens (primary N) is 1. The van der Waals surface area contributed by atoms with Crippen LogP contribution in [-0.2, 0) is 11.3 Å². The van der Waals surface area contributed by atoms with Crippen LogP contribution in [0.25, 0.3) is 0 Å². The zero-order valence-corrected chi connectivity index (χ0v) is 10.2. The summed E-state index contributed by atoms with van der Waals surface area (Å²) in [6, 6.07) is 5.63. The SMILES string of the molecule is Cc1cccc(CNC(=O)C2(/C(N)=N/O)CC2)n1. The first-order valence-corrected chi connectivity index (χ1v) is 5.77. The van der Waals surface area contributed by atoms with Crippen molar-refractivity contribution in [2.75, 3.05) is 0 Å². The van der Waals surface area contributed by atoms with Crippen LogP contribution in [0.4, 0.5) is 0 Å². The fourth-order valence-corrected chi connectivity index (χ4v) is 1.86. The van der Waals surface area contributed by atoms with Crippen molar-refractivity contribution in [1.82, 2.24) is 10.3 Å². The Hall–Kier alpha value is -2.11. The second-order valence-electron chi connectivity index (χ2n) is 4.52. The lowest BCUT2D eigenvalue weighted by molar-refractivity contribution is -0.124. The molecule has 0 radical (unpaired) electrons. The molecule has 1 aromatic rings. The van der Waals surface area contributed by atoms with E-state index in [-0.39, 0.29) is 11.7 Å². The van der Waals surface area contributed by atoms with Gasteiger partial charge in [0.15, 0.2) is 5.84 Å². The van der Waals surface area contributed by atoms with E-state index in [0.29, 0.717) is 19.4 Å². The summed E-state index contributed by atoms with van der Waals surface area (Å²) in [6.07, 6.45) is 1.24. The molecule has 0 bridgehead atoms. The van der Waals surface area contributed by atoms with Crippen molar-refractivity contribution in [3.63, 3.8) is 0 Å². The number of aryl methyl sites for hydroxylation is 1. The summed E-state index contributed by atoms with van der Waals surface area (Å²) in [5.41, 5.74) is 6.42. The van der Waals surface area contributed by atoms with Gasteiger partial charge in [0, 0.05) is 5.69 Å². The van der Waals surface area contributed by atoms with Gasteiger partial charge < -0.3 is 16.3 Å². The Morgan fingerprint density at radius 3 is 2.89 bits per heavy atom. The minimum Gasteiger partial charge on any atom is -0.409 e. The molecule has 1 amide bonds. The zero-order valence-electron chi connectivity index (χ0n) is 10.2. The molecular formula is C12H16N4O2. The van der Waals surface area contributed by atoms with E-state index in [0.717, 1.165) is 11.4 Å². The predicted molar refractivity (Wildman–Crippen MR) is 65.9 cm³/mol. The second-order valence-corrected chi connectivity index (χ2v) is 4.52. The summed E-state index contributed by atoms with van der Waals surface area (Å²) in [5.74, 6) is -0.224. The summed E-state index contributed by atoms with van der Waals surface area (Å²) in [7, 11) is 0. The van der Waals surface area contributed by atoms with E-state index in [1.165, 1.54) is 0 Å². The average molecular weight is 248 g/mol. The predicted octanol–water partition coefficient (Wildman–Crippen LogP) is 0.533. The highest BCUT2D eigenvalue weighted by atomic mass is 16.4. The standard InChI is InChI=1S/C12H16N4O2/c1-8-3-2-4-9(15-8)7-14-11(17)12(5-6-12)10(13)16-18/h2-4,18H,5-7H2,1H3,(H2,13,16)(H,14,17). The maximum atomic E-state index is 12.0. The lowest BCUT2D eigenvalue weighted by Crippen LogP contribution is -2.40. The average Bonchev–Trinajstić information content (AvgIpc) is 3.16. The van der Waals surface area contributed by atoms with E-state index in [4.69, 9.17) is 10.9 Å². The third-order valence-electron chi connectivity index (χ3n) is 3.16. The van der Waals surface area contributed by atoms with Crippen LogP contribution in [-0.4, -0.2) is 21.9 Å². The number of rotatable bonds is 4. The molecule has 1 saturated carbocycles. The number of nitrogens with one attached hydrogen (secondary N) is 1. The molecule has 0 atom stereocenters. The highest BCUT2D eigenvalue weighted by molar-refractivity contribution is 6.09. The van der Waals surface area contributed by atoms with Gasteiger partial charge in [-0.3, -0.25) is 9.78 Å². The molecule has 6 heteroatoms. The maximum absolute atomic E-state index is 12.0. The molecule has 1 heterocycles. The van der Waals surface area contributed by atoms with Gasteiger partial charge in [0.05, 0.1) is 12.2 Å². The van der Waals surface area contributed by atoms with Crippen molar-refractivity contribution in [2.24, 2.45) is 16.3 Å². The fourth-order valence-electron chi connectivity index (χ4n) is 1.86. The first-order valence-electron chi connectivity index (χ1n) is 5.77. The summed E-state index contributed by atoms with van der Waals surface area (Å²) in [4.78, 5) is 16.3. The molecule has 2 rings (SSSR count). The lowest BCUT2D eigenvalue weighted by atomic mass is 10.1. The molecule has 1 aliphatic carbocycles. The summed E-state index contributed by atoms with van der Waals surface area (Å²) in [6.45, 7) is 2.24.